The number of fused-ring (bicyclic) bond motifs is 1. The minimum Gasteiger partial charge on any atom is -0.497 e. The Balaban J connectivity index is 1.63. The molecule has 8 heteroatoms. The lowest BCUT2D eigenvalue weighted by molar-refractivity contribution is -0.119. The van der Waals surface area contributed by atoms with Gasteiger partial charge in [-0.2, -0.15) is 0 Å². The van der Waals surface area contributed by atoms with Crippen LogP contribution in [-0.2, 0) is 11.2 Å². The Labute approximate surface area is 213 Å². The number of nitrogens with zero attached hydrogens (tertiary/aromatic N) is 1. The number of carbonyl (C=O) groups excluding carboxylic acids is 2. The summed E-state index contributed by atoms with van der Waals surface area (Å²) in [5.74, 6) is 0.128. The van der Waals surface area contributed by atoms with E-state index in [0.717, 1.165) is 22.2 Å². The van der Waals surface area contributed by atoms with Crippen LogP contribution in [-0.4, -0.2) is 28.6 Å². The molecule has 0 aliphatic rings. The molecule has 1 amide bonds. The molecule has 3 aromatic carbocycles. The molecule has 1 heterocycles. The molecule has 35 heavy (non-hydrogen) atoms. The van der Waals surface area contributed by atoms with Crippen molar-refractivity contribution < 1.29 is 14.3 Å². The number of hydrogen-bond acceptors (Lipinski definition) is 4. The topological polar surface area (TPSA) is 72.4 Å². The first kappa shape index (κ1) is 24.4. The fourth-order valence-electron chi connectivity index (χ4n) is 3.93. The molecular formula is C27H24ClN3O3S. The Kier molecular flexibility index (Phi) is 7.19. The highest BCUT2D eigenvalue weighted by Crippen LogP contribution is 2.31. The van der Waals surface area contributed by atoms with Gasteiger partial charge in [-0.25, -0.2) is 0 Å². The molecular weight excluding hydrogens is 482 g/mol. The molecule has 0 unspecified atom stereocenters. The molecule has 1 aromatic heterocycles. The minimum absolute atomic E-state index is 0.0338. The van der Waals surface area contributed by atoms with E-state index in [9.17, 15) is 9.59 Å². The van der Waals surface area contributed by atoms with Crippen LogP contribution in [0.1, 0.15) is 27.2 Å². The summed E-state index contributed by atoms with van der Waals surface area (Å²) in [5, 5.41) is 7.26. The standard InChI is InChI=1S/C27H24ClN3O3S/c1-16-4-10-20(11-5-16)29-27(35)30-25(32)15-22-17(2)31(24-13-12-21(34-3)14-23(22)24)26(33)18-6-8-19(28)9-7-18/h4-14H,15H2,1-3H3,(H2,29,30,32,35). The van der Waals surface area contributed by atoms with Crippen molar-refractivity contribution >= 4 is 57.3 Å². The van der Waals surface area contributed by atoms with Crippen molar-refractivity contribution in [1.82, 2.24) is 9.88 Å². The summed E-state index contributed by atoms with van der Waals surface area (Å²) in [4.78, 5) is 26.3. The number of aryl methyl sites for hydroxylation is 1. The van der Waals surface area contributed by atoms with Crippen molar-refractivity contribution in [3.8, 4) is 5.75 Å². The van der Waals surface area contributed by atoms with Gasteiger partial charge in [-0.1, -0.05) is 29.3 Å². The number of amides is 1. The third-order valence-electron chi connectivity index (χ3n) is 5.74. The van der Waals surface area contributed by atoms with Crippen molar-refractivity contribution in [3.05, 3.63) is 94.1 Å². The van der Waals surface area contributed by atoms with Gasteiger partial charge in [0.25, 0.3) is 5.91 Å². The fourth-order valence-corrected chi connectivity index (χ4v) is 4.28. The summed E-state index contributed by atoms with van der Waals surface area (Å²) < 4.78 is 7.00. The van der Waals surface area contributed by atoms with E-state index >= 15 is 0 Å². The summed E-state index contributed by atoms with van der Waals surface area (Å²) in [5.41, 5.74) is 4.47. The van der Waals surface area contributed by atoms with Crippen LogP contribution in [0.4, 0.5) is 5.69 Å². The van der Waals surface area contributed by atoms with Crippen LogP contribution in [0.25, 0.3) is 10.9 Å². The van der Waals surface area contributed by atoms with Crippen molar-refractivity contribution in [1.29, 1.82) is 0 Å². The SMILES string of the molecule is COc1ccc2c(c1)c(CC(=O)NC(=S)Nc1ccc(C)cc1)c(C)n2C(=O)c1ccc(Cl)cc1. The van der Waals surface area contributed by atoms with Gasteiger partial charge in [0.15, 0.2) is 5.11 Å². The maximum atomic E-state index is 13.4. The van der Waals surface area contributed by atoms with Crippen molar-refractivity contribution in [3.63, 3.8) is 0 Å². The number of benzene rings is 3. The lowest BCUT2D eigenvalue weighted by atomic mass is 10.1. The molecule has 2 N–H and O–H groups in total. The average Bonchev–Trinajstić information content (AvgIpc) is 3.10. The first-order chi connectivity index (χ1) is 16.8. The normalized spacial score (nSPS) is 10.7. The summed E-state index contributed by atoms with van der Waals surface area (Å²) in [6, 6.07) is 19.8. The van der Waals surface area contributed by atoms with Gasteiger partial charge in [0, 0.05) is 27.4 Å². The van der Waals surface area contributed by atoms with Crippen LogP contribution in [0.5, 0.6) is 5.75 Å². The lowest BCUT2D eigenvalue weighted by Gasteiger charge is -2.10. The van der Waals surface area contributed by atoms with Crippen molar-refractivity contribution in [2.45, 2.75) is 20.3 Å². The van der Waals surface area contributed by atoms with E-state index in [2.05, 4.69) is 10.6 Å². The smallest absolute Gasteiger partial charge is 0.262 e. The first-order valence-corrected chi connectivity index (χ1v) is 11.7. The van der Waals surface area contributed by atoms with E-state index in [1.54, 1.807) is 42.0 Å². The number of methoxy groups -OCH3 is 1. The molecule has 0 saturated carbocycles. The van der Waals surface area contributed by atoms with Gasteiger partial charge in [0.2, 0.25) is 5.91 Å². The van der Waals surface area contributed by atoms with E-state index in [1.165, 1.54) is 0 Å². The van der Waals surface area contributed by atoms with Gasteiger partial charge in [0.1, 0.15) is 5.75 Å². The molecule has 0 aliphatic carbocycles. The molecule has 0 radical (unpaired) electrons. The second-order valence-corrected chi connectivity index (χ2v) is 8.98. The van der Waals surface area contributed by atoms with Gasteiger partial charge in [-0.3, -0.25) is 14.2 Å². The Hall–Kier alpha value is -3.68. The van der Waals surface area contributed by atoms with Crippen LogP contribution in [0, 0.1) is 13.8 Å². The molecule has 0 spiro atoms. The molecule has 0 atom stereocenters. The average molecular weight is 506 g/mol. The van der Waals surface area contributed by atoms with E-state index in [-0.39, 0.29) is 23.3 Å². The quantitative estimate of drug-likeness (QED) is 0.342. The van der Waals surface area contributed by atoms with Crippen molar-refractivity contribution in [2.75, 3.05) is 12.4 Å². The minimum atomic E-state index is -0.293. The zero-order valence-electron chi connectivity index (χ0n) is 19.5. The zero-order chi connectivity index (χ0) is 25.1. The van der Waals surface area contributed by atoms with Crippen LogP contribution in [0.15, 0.2) is 66.7 Å². The molecule has 0 fully saturated rings. The highest BCUT2D eigenvalue weighted by Gasteiger charge is 2.22. The maximum absolute atomic E-state index is 13.4. The largest absolute Gasteiger partial charge is 0.497 e. The van der Waals surface area contributed by atoms with Crippen molar-refractivity contribution in [2.24, 2.45) is 0 Å². The number of hydrogen-bond donors (Lipinski definition) is 2. The Bertz CT molecular complexity index is 1430. The second kappa shape index (κ2) is 10.3. The molecule has 0 bridgehead atoms. The van der Waals surface area contributed by atoms with Crippen LogP contribution >= 0.6 is 23.8 Å². The monoisotopic (exact) mass is 505 g/mol. The van der Waals surface area contributed by atoms with Gasteiger partial charge in [-0.05, 0) is 86.2 Å². The van der Waals surface area contributed by atoms with Crippen LogP contribution in [0.3, 0.4) is 0 Å². The Morgan fingerprint density at radius 2 is 1.69 bits per heavy atom. The van der Waals surface area contributed by atoms with Gasteiger partial charge >= 0.3 is 0 Å². The number of nitrogens with one attached hydrogen (secondary N) is 2. The summed E-state index contributed by atoms with van der Waals surface area (Å²) >= 11 is 11.3. The van der Waals surface area contributed by atoms with E-state index in [4.69, 9.17) is 28.6 Å². The predicted molar refractivity (Wildman–Crippen MR) is 144 cm³/mol. The highest BCUT2D eigenvalue weighted by atomic mass is 35.5. The fraction of sp³-hybridized carbons (Fsp3) is 0.148. The van der Waals surface area contributed by atoms with E-state index in [1.807, 2.05) is 50.2 Å². The number of ether oxygens (including phenoxy) is 1. The maximum Gasteiger partial charge on any atom is 0.262 e. The summed E-state index contributed by atoms with van der Waals surface area (Å²) in [6.07, 6.45) is 0.0338. The third kappa shape index (κ3) is 5.37. The number of rotatable bonds is 5. The summed E-state index contributed by atoms with van der Waals surface area (Å²) in [6.45, 7) is 3.82. The predicted octanol–water partition coefficient (Wildman–Crippen LogP) is 5.66. The van der Waals surface area contributed by atoms with Gasteiger partial charge < -0.3 is 15.4 Å². The number of anilines is 1. The molecule has 0 aliphatic heterocycles. The number of halogens is 1. The molecule has 178 valence electrons. The lowest BCUT2D eigenvalue weighted by Crippen LogP contribution is -2.35. The molecule has 4 rings (SSSR count). The molecule has 0 saturated heterocycles. The zero-order valence-corrected chi connectivity index (χ0v) is 21.1. The van der Waals surface area contributed by atoms with E-state index < -0.39 is 0 Å². The molecule has 4 aromatic rings. The first-order valence-electron chi connectivity index (χ1n) is 10.9. The highest BCUT2D eigenvalue weighted by molar-refractivity contribution is 7.80. The van der Waals surface area contributed by atoms with E-state index in [0.29, 0.717) is 27.5 Å². The summed E-state index contributed by atoms with van der Waals surface area (Å²) in [7, 11) is 1.57. The Morgan fingerprint density at radius 3 is 2.34 bits per heavy atom. The Morgan fingerprint density at radius 1 is 1.00 bits per heavy atom. The van der Waals surface area contributed by atoms with Gasteiger partial charge in [0.05, 0.1) is 19.0 Å². The van der Waals surface area contributed by atoms with Gasteiger partial charge in [-0.15, -0.1) is 0 Å². The number of thiocarbonyl (C=S) groups is 1. The number of carbonyl (C=O) groups is 2. The number of aromatic nitrogens is 1. The third-order valence-corrected chi connectivity index (χ3v) is 6.19. The van der Waals surface area contributed by atoms with Crippen LogP contribution < -0.4 is 15.4 Å². The second-order valence-electron chi connectivity index (χ2n) is 8.14. The van der Waals surface area contributed by atoms with Crippen LogP contribution in [0.2, 0.25) is 5.02 Å². The molecule has 6 nitrogen and oxygen atoms in total.